The molecule has 2 fully saturated rings. The first-order valence-electron chi connectivity index (χ1n) is 6.89. The Morgan fingerprint density at radius 3 is 2.76 bits per heavy atom. The minimum absolute atomic E-state index is 0.122. The molecule has 1 aliphatic heterocycles. The van der Waals surface area contributed by atoms with Gasteiger partial charge in [0.25, 0.3) is 0 Å². The molecule has 1 saturated heterocycles. The van der Waals surface area contributed by atoms with Crippen LogP contribution < -0.4 is 11.1 Å². The summed E-state index contributed by atoms with van der Waals surface area (Å²) in [5.74, 6) is 0.342. The van der Waals surface area contributed by atoms with Gasteiger partial charge in [0.2, 0.25) is 5.91 Å². The molecule has 2 rings (SSSR count). The summed E-state index contributed by atoms with van der Waals surface area (Å²) in [6.45, 7) is 5.27. The van der Waals surface area contributed by atoms with E-state index in [1.165, 1.54) is 19.3 Å². The molecule has 0 radical (unpaired) electrons. The smallest absolute Gasteiger partial charge is 0.228 e. The van der Waals surface area contributed by atoms with Crippen molar-refractivity contribution in [3.05, 3.63) is 0 Å². The second-order valence-electron chi connectivity index (χ2n) is 5.71. The number of amides is 1. The summed E-state index contributed by atoms with van der Waals surface area (Å²) < 4.78 is 0. The highest BCUT2D eigenvalue weighted by molar-refractivity contribution is 5.83. The van der Waals surface area contributed by atoms with E-state index in [0.717, 1.165) is 32.5 Å². The Hall–Kier alpha value is -0.610. The Labute approximate surface area is 104 Å². The fraction of sp³-hybridized carbons (Fsp3) is 0.923. The Kier molecular flexibility index (Phi) is 4.05. The van der Waals surface area contributed by atoms with Crippen LogP contribution in [0.3, 0.4) is 0 Å². The van der Waals surface area contributed by atoms with E-state index in [2.05, 4.69) is 12.2 Å². The van der Waals surface area contributed by atoms with Crippen LogP contribution in [0, 0.1) is 5.41 Å². The molecule has 1 aliphatic carbocycles. The summed E-state index contributed by atoms with van der Waals surface area (Å²) in [6, 6.07) is 0.190. The minimum atomic E-state index is -0.122. The molecule has 0 aromatic rings. The van der Waals surface area contributed by atoms with Crippen molar-refractivity contribution < 1.29 is 4.79 Å². The molecule has 98 valence electrons. The van der Waals surface area contributed by atoms with E-state index in [1.54, 1.807) is 0 Å². The lowest BCUT2D eigenvalue weighted by atomic mass is 9.74. The zero-order chi connectivity index (χ0) is 12.3. The van der Waals surface area contributed by atoms with E-state index in [0.29, 0.717) is 12.5 Å². The molecular weight excluding hydrogens is 214 g/mol. The molecule has 4 nitrogen and oxygen atoms in total. The highest BCUT2D eigenvalue weighted by Gasteiger charge is 2.40. The van der Waals surface area contributed by atoms with E-state index in [9.17, 15) is 4.79 Å². The third-order valence-electron chi connectivity index (χ3n) is 4.36. The lowest BCUT2D eigenvalue weighted by Crippen LogP contribution is -2.59. The van der Waals surface area contributed by atoms with Gasteiger partial charge in [-0.3, -0.25) is 4.79 Å². The van der Waals surface area contributed by atoms with Crippen LogP contribution in [0.1, 0.15) is 39.0 Å². The molecule has 1 saturated carbocycles. The maximum absolute atomic E-state index is 12.7. The molecule has 0 spiro atoms. The van der Waals surface area contributed by atoms with Crippen molar-refractivity contribution in [1.82, 2.24) is 10.2 Å². The highest BCUT2D eigenvalue weighted by atomic mass is 16.2. The number of hydrogen-bond donors (Lipinski definition) is 2. The first-order valence-corrected chi connectivity index (χ1v) is 6.89. The van der Waals surface area contributed by atoms with E-state index in [4.69, 9.17) is 5.73 Å². The second-order valence-corrected chi connectivity index (χ2v) is 5.71. The van der Waals surface area contributed by atoms with Gasteiger partial charge in [0.15, 0.2) is 0 Å². The third kappa shape index (κ3) is 2.63. The highest BCUT2D eigenvalue weighted by Crippen LogP contribution is 2.37. The van der Waals surface area contributed by atoms with Crippen LogP contribution in [-0.2, 0) is 4.79 Å². The van der Waals surface area contributed by atoms with E-state index >= 15 is 0 Å². The van der Waals surface area contributed by atoms with Gasteiger partial charge >= 0.3 is 0 Å². The number of nitrogens with two attached hydrogens (primary N) is 1. The Bertz CT molecular complexity index is 274. The maximum Gasteiger partial charge on any atom is 0.228 e. The van der Waals surface area contributed by atoms with Crippen LogP contribution in [0.5, 0.6) is 0 Å². The quantitative estimate of drug-likeness (QED) is 0.746. The van der Waals surface area contributed by atoms with Gasteiger partial charge in [0.1, 0.15) is 0 Å². The predicted molar refractivity (Wildman–Crippen MR) is 68.6 cm³/mol. The monoisotopic (exact) mass is 239 g/mol. The molecule has 1 unspecified atom stereocenters. The van der Waals surface area contributed by atoms with Crippen molar-refractivity contribution in [2.45, 2.75) is 45.1 Å². The summed E-state index contributed by atoms with van der Waals surface area (Å²) in [5.41, 5.74) is 5.65. The minimum Gasteiger partial charge on any atom is -0.335 e. The molecular formula is C13H25N3O. The van der Waals surface area contributed by atoms with Gasteiger partial charge in [0, 0.05) is 31.6 Å². The van der Waals surface area contributed by atoms with Crippen LogP contribution in [0.2, 0.25) is 0 Å². The van der Waals surface area contributed by atoms with E-state index < -0.39 is 0 Å². The molecule has 1 atom stereocenters. The molecule has 1 amide bonds. The van der Waals surface area contributed by atoms with Gasteiger partial charge in [-0.1, -0.05) is 26.2 Å². The van der Waals surface area contributed by atoms with Crippen molar-refractivity contribution in [2.24, 2.45) is 11.1 Å². The lowest BCUT2D eigenvalue weighted by Gasteiger charge is -2.42. The maximum atomic E-state index is 12.7. The van der Waals surface area contributed by atoms with Crippen molar-refractivity contribution in [3.8, 4) is 0 Å². The number of hydrogen-bond acceptors (Lipinski definition) is 3. The molecule has 0 aromatic heterocycles. The first-order chi connectivity index (χ1) is 8.17. The molecule has 0 bridgehead atoms. The van der Waals surface area contributed by atoms with Crippen LogP contribution in [0.15, 0.2) is 0 Å². The van der Waals surface area contributed by atoms with Crippen molar-refractivity contribution >= 4 is 5.91 Å². The van der Waals surface area contributed by atoms with Crippen LogP contribution in [0.4, 0.5) is 0 Å². The Morgan fingerprint density at radius 2 is 2.12 bits per heavy atom. The van der Waals surface area contributed by atoms with E-state index in [1.807, 2.05) is 4.90 Å². The van der Waals surface area contributed by atoms with Gasteiger partial charge in [-0.25, -0.2) is 0 Å². The summed E-state index contributed by atoms with van der Waals surface area (Å²) in [7, 11) is 0. The molecule has 0 aromatic carbocycles. The topological polar surface area (TPSA) is 58.4 Å². The third-order valence-corrected chi connectivity index (χ3v) is 4.36. The summed E-state index contributed by atoms with van der Waals surface area (Å²) >= 11 is 0. The van der Waals surface area contributed by atoms with Gasteiger partial charge in [-0.05, 0) is 12.8 Å². The number of carbonyl (C=O) groups is 1. The average Bonchev–Trinajstić information content (AvgIpc) is 2.38. The van der Waals surface area contributed by atoms with Crippen LogP contribution in [0.25, 0.3) is 0 Å². The first kappa shape index (κ1) is 12.8. The van der Waals surface area contributed by atoms with Crippen LogP contribution in [-0.4, -0.2) is 43.0 Å². The van der Waals surface area contributed by atoms with Gasteiger partial charge in [0.05, 0.1) is 6.04 Å². The number of rotatable bonds is 2. The van der Waals surface area contributed by atoms with Crippen molar-refractivity contribution in [2.75, 3.05) is 26.2 Å². The predicted octanol–water partition coefficient (Wildman–Crippen LogP) is 0.716. The standard InChI is InChI=1S/C13H25N3O/c1-13(5-3-2-4-6-13)12(17)16-8-7-15-10-11(16)9-14/h11,15H,2-10,14H2,1H3. The van der Waals surface area contributed by atoms with Crippen molar-refractivity contribution in [3.63, 3.8) is 0 Å². The second kappa shape index (κ2) is 5.36. The summed E-state index contributed by atoms with van der Waals surface area (Å²) in [6.07, 6.45) is 5.77. The number of piperazine rings is 1. The van der Waals surface area contributed by atoms with Gasteiger partial charge < -0.3 is 16.0 Å². The molecule has 2 aliphatic rings. The average molecular weight is 239 g/mol. The zero-order valence-electron chi connectivity index (χ0n) is 10.9. The largest absolute Gasteiger partial charge is 0.335 e. The lowest BCUT2D eigenvalue weighted by molar-refractivity contribution is -0.146. The van der Waals surface area contributed by atoms with Crippen LogP contribution >= 0.6 is 0 Å². The molecule has 17 heavy (non-hydrogen) atoms. The Morgan fingerprint density at radius 1 is 1.41 bits per heavy atom. The van der Waals surface area contributed by atoms with Crippen molar-refractivity contribution in [1.29, 1.82) is 0 Å². The number of nitrogens with zero attached hydrogens (tertiary/aromatic N) is 1. The molecule has 1 heterocycles. The molecule has 4 heteroatoms. The normalized spacial score (nSPS) is 29.1. The molecule has 3 N–H and O–H groups in total. The fourth-order valence-corrected chi connectivity index (χ4v) is 3.13. The summed E-state index contributed by atoms with van der Waals surface area (Å²) in [4.78, 5) is 14.7. The number of nitrogens with one attached hydrogen (secondary N) is 1. The number of carbonyl (C=O) groups excluding carboxylic acids is 1. The van der Waals surface area contributed by atoms with E-state index in [-0.39, 0.29) is 11.5 Å². The zero-order valence-corrected chi connectivity index (χ0v) is 10.9. The summed E-state index contributed by atoms with van der Waals surface area (Å²) in [5, 5.41) is 3.31. The fourth-order valence-electron chi connectivity index (χ4n) is 3.13. The Balaban J connectivity index is 2.06. The van der Waals surface area contributed by atoms with Gasteiger partial charge in [-0.2, -0.15) is 0 Å². The SMILES string of the molecule is CC1(C(=O)N2CCNCC2CN)CCCCC1. The van der Waals surface area contributed by atoms with Gasteiger partial charge in [-0.15, -0.1) is 0 Å².